The van der Waals surface area contributed by atoms with E-state index in [-0.39, 0.29) is 11.5 Å². The van der Waals surface area contributed by atoms with Gasteiger partial charge in [0.05, 0.1) is 10.7 Å². The highest BCUT2D eigenvalue weighted by molar-refractivity contribution is 7.17. The maximum Gasteiger partial charge on any atom is 0.239 e. The Morgan fingerprint density at radius 3 is 2.73 bits per heavy atom. The molecule has 2 aromatic heterocycles. The van der Waals surface area contributed by atoms with Crippen LogP contribution >= 0.6 is 11.3 Å². The molecule has 5 nitrogen and oxygen atoms in total. The van der Waals surface area contributed by atoms with Crippen LogP contribution in [0.1, 0.15) is 22.5 Å². The number of rotatable bonds is 5. The van der Waals surface area contributed by atoms with Crippen molar-refractivity contribution >= 4 is 38.9 Å². The first-order valence-corrected chi connectivity index (χ1v) is 9.27. The second kappa shape index (κ2) is 6.80. The largest absolute Gasteiger partial charge is 0.345 e. The maximum absolute atomic E-state index is 12.9. The van der Waals surface area contributed by atoms with Crippen LogP contribution in [0.4, 0.5) is 0 Å². The Kier molecular flexibility index (Phi) is 4.34. The molecular formula is C20H16N2O3S. The number of amides is 1. The molecule has 0 aliphatic carbocycles. The maximum atomic E-state index is 12.9. The fraction of sp³-hybridized carbons (Fsp3) is 0.200. The molecule has 1 aliphatic heterocycles. The molecule has 1 aliphatic rings. The number of aromatic nitrogens is 1. The SMILES string of the molecule is O=C1NC(CCc2ccccc2)C(=O)C1C(=O)c1nccc2ccsc12. The number of nitrogens with one attached hydrogen (secondary N) is 1. The summed E-state index contributed by atoms with van der Waals surface area (Å²) in [5.41, 5.74) is 1.30. The zero-order valence-corrected chi connectivity index (χ0v) is 14.7. The van der Waals surface area contributed by atoms with Crippen molar-refractivity contribution in [1.82, 2.24) is 10.3 Å². The number of ketones is 2. The fourth-order valence-electron chi connectivity index (χ4n) is 3.28. The first-order valence-electron chi connectivity index (χ1n) is 8.39. The summed E-state index contributed by atoms with van der Waals surface area (Å²) in [6, 6.07) is 12.8. The minimum Gasteiger partial charge on any atom is -0.345 e. The lowest BCUT2D eigenvalue weighted by Crippen LogP contribution is -2.29. The zero-order valence-electron chi connectivity index (χ0n) is 13.8. The molecule has 0 saturated carbocycles. The second-order valence-electron chi connectivity index (χ2n) is 6.28. The topological polar surface area (TPSA) is 76.1 Å². The third kappa shape index (κ3) is 2.93. The summed E-state index contributed by atoms with van der Waals surface area (Å²) in [6.45, 7) is 0. The van der Waals surface area contributed by atoms with Gasteiger partial charge in [0, 0.05) is 6.20 Å². The predicted molar refractivity (Wildman–Crippen MR) is 99.1 cm³/mol. The number of benzene rings is 1. The van der Waals surface area contributed by atoms with Crippen LogP contribution < -0.4 is 5.32 Å². The molecule has 2 atom stereocenters. The molecule has 1 saturated heterocycles. The molecule has 0 spiro atoms. The summed E-state index contributed by atoms with van der Waals surface area (Å²) in [6.07, 6.45) is 2.68. The predicted octanol–water partition coefficient (Wildman–Crippen LogP) is 2.80. The number of carbonyl (C=O) groups excluding carboxylic acids is 3. The minimum absolute atomic E-state index is 0.203. The van der Waals surface area contributed by atoms with E-state index in [1.54, 1.807) is 0 Å². The third-order valence-electron chi connectivity index (χ3n) is 4.64. The van der Waals surface area contributed by atoms with Gasteiger partial charge in [-0.25, -0.2) is 0 Å². The molecule has 1 fully saturated rings. The average molecular weight is 364 g/mol. The molecule has 4 rings (SSSR count). The van der Waals surface area contributed by atoms with E-state index in [4.69, 9.17) is 0 Å². The highest BCUT2D eigenvalue weighted by Crippen LogP contribution is 2.27. The summed E-state index contributed by atoms with van der Waals surface area (Å²) >= 11 is 1.39. The van der Waals surface area contributed by atoms with Crippen molar-refractivity contribution in [2.24, 2.45) is 5.92 Å². The Morgan fingerprint density at radius 2 is 1.92 bits per heavy atom. The fourth-order valence-corrected chi connectivity index (χ4v) is 4.17. The van der Waals surface area contributed by atoms with Crippen LogP contribution in [0, 0.1) is 5.92 Å². The van der Waals surface area contributed by atoms with Crippen LogP contribution in [0.25, 0.3) is 10.1 Å². The molecule has 3 aromatic rings. The molecule has 1 N–H and O–H groups in total. The summed E-state index contributed by atoms with van der Waals surface area (Å²) in [5.74, 6) is -2.68. The smallest absolute Gasteiger partial charge is 0.239 e. The van der Waals surface area contributed by atoms with Crippen LogP contribution in [-0.2, 0) is 16.0 Å². The molecule has 130 valence electrons. The van der Waals surface area contributed by atoms with Gasteiger partial charge in [0.2, 0.25) is 11.7 Å². The van der Waals surface area contributed by atoms with E-state index in [0.717, 1.165) is 10.9 Å². The third-order valence-corrected chi connectivity index (χ3v) is 5.57. The highest BCUT2D eigenvalue weighted by atomic mass is 32.1. The van der Waals surface area contributed by atoms with Crippen LogP contribution in [0.2, 0.25) is 0 Å². The van der Waals surface area contributed by atoms with Gasteiger partial charge in [-0.1, -0.05) is 30.3 Å². The van der Waals surface area contributed by atoms with Gasteiger partial charge < -0.3 is 5.32 Å². The Labute approximate surface area is 154 Å². The van der Waals surface area contributed by atoms with Gasteiger partial charge >= 0.3 is 0 Å². The molecule has 2 unspecified atom stereocenters. The number of aryl methyl sites for hydroxylation is 1. The van der Waals surface area contributed by atoms with E-state index in [2.05, 4.69) is 10.3 Å². The molecule has 1 amide bonds. The Balaban J connectivity index is 1.53. The monoisotopic (exact) mass is 364 g/mol. The molecule has 0 bridgehead atoms. The van der Waals surface area contributed by atoms with Crippen LogP contribution in [0.3, 0.4) is 0 Å². The highest BCUT2D eigenvalue weighted by Gasteiger charge is 2.46. The number of pyridine rings is 1. The lowest BCUT2D eigenvalue weighted by atomic mass is 9.93. The molecule has 0 radical (unpaired) electrons. The van der Waals surface area contributed by atoms with Crippen molar-refractivity contribution < 1.29 is 14.4 Å². The number of hydrogen-bond donors (Lipinski definition) is 1. The zero-order chi connectivity index (χ0) is 18.1. The second-order valence-corrected chi connectivity index (χ2v) is 7.20. The van der Waals surface area contributed by atoms with Crippen molar-refractivity contribution in [3.63, 3.8) is 0 Å². The van der Waals surface area contributed by atoms with Gasteiger partial charge in [0.1, 0.15) is 5.69 Å². The number of carbonyl (C=O) groups is 3. The average Bonchev–Trinajstić information content (AvgIpc) is 3.24. The van der Waals surface area contributed by atoms with Crippen LogP contribution in [0.5, 0.6) is 0 Å². The van der Waals surface area contributed by atoms with E-state index < -0.39 is 23.7 Å². The van der Waals surface area contributed by atoms with Gasteiger partial charge in [-0.05, 0) is 41.3 Å². The summed E-state index contributed by atoms with van der Waals surface area (Å²) in [7, 11) is 0. The normalized spacial score (nSPS) is 19.7. The van der Waals surface area contributed by atoms with Gasteiger partial charge in [-0.3, -0.25) is 19.4 Å². The lowest BCUT2D eigenvalue weighted by molar-refractivity contribution is -0.125. The quantitative estimate of drug-likeness (QED) is 0.558. The first-order chi connectivity index (χ1) is 12.6. The molecule has 6 heteroatoms. The van der Waals surface area contributed by atoms with E-state index >= 15 is 0 Å². The number of Topliss-reactive ketones (excluding diaryl/α,β-unsaturated/α-hetero) is 2. The van der Waals surface area contributed by atoms with Gasteiger partial charge in [0.25, 0.3) is 0 Å². The summed E-state index contributed by atoms with van der Waals surface area (Å²) in [5, 5.41) is 5.44. The summed E-state index contributed by atoms with van der Waals surface area (Å²) < 4.78 is 0.714. The Hall–Kier alpha value is -2.86. The minimum atomic E-state index is -1.30. The van der Waals surface area contributed by atoms with Gasteiger partial charge in [0.15, 0.2) is 11.7 Å². The first kappa shape index (κ1) is 16.6. The molecule has 3 heterocycles. The van der Waals surface area contributed by atoms with Crippen LogP contribution in [0.15, 0.2) is 54.0 Å². The van der Waals surface area contributed by atoms with Crippen molar-refractivity contribution in [1.29, 1.82) is 0 Å². The van der Waals surface area contributed by atoms with Crippen LogP contribution in [-0.4, -0.2) is 28.5 Å². The molecule has 1 aromatic carbocycles. The van der Waals surface area contributed by atoms with Crippen molar-refractivity contribution in [2.75, 3.05) is 0 Å². The number of nitrogens with zero attached hydrogens (tertiary/aromatic N) is 1. The molecule has 26 heavy (non-hydrogen) atoms. The Morgan fingerprint density at radius 1 is 1.12 bits per heavy atom. The van der Waals surface area contributed by atoms with Gasteiger partial charge in [-0.15, -0.1) is 11.3 Å². The number of fused-ring (bicyclic) bond motifs is 1. The van der Waals surface area contributed by atoms with E-state index in [9.17, 15) is 14.4 Å². The van der Waals surface area contributed by atoms with E-state index in [1.807, 2.05) is 47.8 Å². The van der Waals surface area contributed by atoms with Gasteiger partial charge in [-0.2, -0.15) is 0 Å². The Bertz CT molecular complexity index is 996. The lowest BCUT2D eigenvalue weighted by Gasteiger charge is -2.09. The standard InChI is InChI=1S/C20H16N2O3S/c23-17-14(7-6-12-4-2-1-3-5-12)22-20(25)15(17)18(24)16-19-13(8-10-21-16)9-11-26-19/h1-5,8-11,14-15H,6-7H2,(H,22,25). The summed E-state index contributed by atoms with van der Waals surface area (Å²) in [4.78, 5) is 42.0. The van der Waals surface area contributed by atoms with E-state index in [1.165, 1.54) is 17.5 Å². The van der Waals surface area contributed by atoms with Crippen molar-refractivity contribution in [2.45, 2.75) is 18.9 Å². The molecular weight excluding hydrogens is 348 g/mol. The van der Waals surface area contributed by atoms with Crippen molar-refractivity contribution in [3.05, 3.63) is 65.3 Å². The van der Waals surface area contributed by atoms with E-state index in [0.29, 0.717) is 17.5 Å². The number of hydrogen-bond acceptors (Lipinski definition) is 5. The number of thiophene rings is 1. The van der Waals surface area contributed by atoms with Crippen molar-refractivity contribution in [3.8, 4) is 0 Å².